The van der Waals surface area contributed by atoms with Crippen molar-refractivity contribution in [2.75, 3.05) is 6.54 Å². The van der Waals surface area contributed by atoms with E-state index < -0.39 is 0 Å². The van der Waals surface area contributed by atoms with E-state index in [2.05, 4.69) is 11.6 Å². The minimum atomic E-state index is 0.289. The van der Waals surface area contributed by atoms with Gasteiger partial charge in [0.2, 0.25) is 0 Å². The molecule has 3 nitrogen and oxygen atoms in total. The summed E-state index contributed by atoms with van der Waals surface area (Å²) in [6.07, 6.45) is 1.62. The monoisotopic (exact) mass is 141 g/mol. The molecule has 2 N–H and O–H groups in total. The maximum Gasteiger partial charge on any atom is 0.169 e. The van der Waals surface area contributed by atoms with Gasteiger partial charge in [-0.25, -0.2) is 0 Å². The van der Waals surface area contributed by atoms with Crippen LogP contribution in [0.1, 0.15) is 0 Å². The van der Waals surface area contributed by atoms with E-state index in [1.807, 2.05) is 0 Å². The van der Waals surface area contributed by atoms with Crippen LogP contribution in [0.15, 0.2) is 17.6 Å². The Morgan fingerprint density at radius 3 is 3.11 bits per heavy atom. The number of nitrogens with zero attached hydrogens (tertiary/aromatic N) is 2. The lowest BCUT2D eigenvalue weighted by Gasteiger charge is -1.86. The Kier molecular flexibility index (Phi) is 4.64. The largest absolute Gasteiger partial charge is 0.378 e. The first-order valence-corrected chi connectivity index (χ1v) is 3.09. The lowest BCUT2D eigenvalue weighted by Crippen LogP contribution is -2.05. The van der Waals surface area contributed by atoms with Crippen LogP contribution in [0.25, 0.3) is 0 Å². The minimum absolute atomic E-state index is 0.289. The van der Waals surface area contributed by atoms with Gasteiger partial charge in [-0.1, -0.05) is 6.08 Å². The van der Waals surface area contributed by atoms with Crippen molar-refractivity contribution in [2.45, 2.75) is 0 Å². The molecular weight excluding hydrogens is 134 g/mol. The average Bonchev–Trinajstić information content (AvgIpc) is 1.85. The molecule has 0 radical (unpaired) electrons. The van der Waals surface area contributed by atoms with E-state index in [9.17, 15) is 0 Å². The molecule has 0 aliphatic heterocycles. The molecule has 0 spiro atoms. The summed E-state index contributed by atoms with van der Waals surface area (Å²) in [5.41, 5.74) is 5.21. The Bertz CT molecular complexity index is 156. The summed E-state index contributed by atoms with van der Waals surface area (Å²) in [6, 6.07) is 0. The van der Waals surface area contributed by atoms with Crippen molar-refractivity contribution in [3.05, 3.63) is 12.7 Å². The molecule has 0 aliphatic rings. The van der Waals surface area contributed by atoms with Gasteiger partial charge in [0.15, 0.2) is 5.17 Å². The lowest BCUT2D eigenvalue weighted by atomic mass is 10.7. The molecule has 0 bridgehead atoms. The number of nitriles is 1. The molecule has 48 valence electrons. The van der Waals surface area contributed by atoms with Gasteiger partial charge in [-0.3, -0.25) is 4.99 Å². The maximum absolute atomic E-state index is 8.06. The molecule has 0 fully saturated rings. The van der Waals surface area contributed by atoms with Crippen LogP contribution in [0.3, 0.4) is 0 Å². The van der Waals surface area contributed by atoms with E-state index in [1.165, 1.54) is 0 Å². The Labute approximate surface area is 58.3 Å². The molecule has 0 saturated heterocycles. The number of rotatable bonds is 2. The normalized spacial score (nSPS) is 10.3. The van der Waals surface area contributed by atoms with Gasteiger partial charge in [-0.05, 0) is 0 Å². The Morgan fingerprint density at radius 2 is 2.67 bits per heavy atom. The van der Waals surface area contributed by atoms with E-state index >= 15 is 0 Å². The summed E-state index contributed by atoms with van der Waals surface area (Å²) in [7, 11) is 0. The summed E-state index contributed by atoms with van der Waals surface area (Å²) in [6.45, 7) is 3.91. The SMILES string of the molecule is C=CCN=C(N)SC#N. The number of hydrogen-bond acceptors (Lipinski definition) is 3. The third-order valence-corrected chi connectivity index (χ3v) is 0.956. The van der Waals surface area contributed by atoms with E-state index in [-0.39, 0.29) is 5.17 Å². The molecule has 0 aliphatic carbocycles. The fourth-order valence-electron chi connectivity index (χ4n) is 0.234. The van der Waals surface area contributed by atoms with Gasteiger partial charge in [0.1, 0.15) is 5.40 Å². The standard InChI is InChI=1S/C5H7N3S/c1-2-3-8-5(7)9-4-6/h2H,1,3H2,(H2,7,8). The van der Waals surface area contributed by atoms with Crippen molar-refractivity contribution < 1.29 is 0 Å². The molecule has 0 aromatic carbocycles. The molecule has 4 heteroatoms. The fraction of sp³-hybridized carbons (Fsp3) is 0.200. The first-order chi connectivity index (χ1) is 4.31. The predicted molar refractivity (Wildman–Crippen MR) is 39.9 cm³/mol. The zero-order valence-electron chi connectivity index (χ0n) is 4.87. The molecule has 0 aromatic rings. The van der Waals surface area contributed by atoms with Crippen LogP contribution in [-0.4, -0.2) is 11.7 Å². The van der Waals surface area contributed by atoms with Crippen molar-refractivity contribution in [3.63, 3.8) is 0 Å². The molecule has 0 heterocycles. The molecule has 0 amide bonds. The summed E-state index contributed by atoms with van der Waals surface area (Å²) in [4.78, 5) is 3.75. The van der Waals surface area contributed by atoms with Crippen LogP contribution in [0.5, 0.6) is 0 Å². The predicted octanol–water partition coefficient (Wildman–Crippen LogP) is 0.701. The lowest BCUT2D eigenvalue weighted by molar-refractivity contribution is 1.25. The van der Waals surface area contributed by atoms with Gasteiger partial charge >= 0.3 is 0 Å². The summed E-state index contributed by atoms with van der Waals surface area (Å²) >= 11 is 0.857. The quantitative estimate of drug-likeness (QED) is 0.266. The van der Waals surface area contributed by atoms with Crippen LogP contribution in [-0.2, 0) is 0 Å². The van der Waals surface area contributed by atoms with Crippen molar-refractivity contribution in [3.8, 4) is 5.40 Å². The number of aliphatic imine (C=N–C) groups is 1. The van der Waals surface area contributed by atoms with Gasteiger partial charge in [0.25, 0.3) is 0 Å². The van der Waals surface area contributed by atoms with E-state index in [0.29, 0.717) is 6.54 Å². The second kappa shape index (κ2) is 5.19. The maximum atomic E-state index is 8.06. The highest BCUT2D eigenvalue weighted by Gasteiger charge is 1.86. The van der Waals surface area contributed by atoms with E-state index in [4.69, 9.17) is 11.0 Å². The van der Waals surface area contributed by atoms with Crippen LogP contribution < -0.4 is 5.73 Å². The van der Waals surface area contributed by atoms with Gasteiger partial charge in [0.05, 0.1) is 6.54 Å². The smallest absolute Gasteiger partial charge is 0.169 e. The molecule has 0 saturated carbocycles. The van der Waals surface area contributed by atoms with Crippen LogP contribution in [0, 0.1) is 10.7 Å². The number of amidine groups is 1. The first-order valence-electron chi connectivity index (χ1n) is 2.28. The third kappa shape index (κ3) is 4.91. The average molecular weight is 141 g/mol. The topological polar surface area (TPSA) is 62.2 Å². The van der Waals surface area contributed by atoms with E-state index in [0.717, 1.165) is 11.8 Å². The van der Waals surface area contributed by atoms with Crippen LogP contribution in [0.4, 0.5) is 0 Å². The second-order valence-electron chi connectivity index (χ2n) is 1.16. The van der Waals surface area contributed by atoms with Gasteiger partial charge < -0.3 is 5.73 Å². The first kappa shape index (κ1) is 8.05. The van der Waals surface area contributed by atoms with Crippen LogP contribution >= 0.6 is 11.8 Å². The zero-order valence-corrected chi connectivity index (χ0v) is 5.69. The highest BCUT2D eigenvalue weighted by Crippen LogP contribution is 1.93. The number of thiocyanates is 1. The van der Waals surface area contributed by atoms with Gasteiger partial charge in [0, 0.05) is 11.8 Å². The number of hydrogen-bond donors (Lipinski definition) is 1. The van der Waals surface area contributed by atoms with Crippen molar-refractivity contribution in [1.29, 1.82) is 5.26 Å². The molecule has 0 atom stereocenters. The molecule has 0 unspecified atom stereocenters. The summed E-state index contributed by atoms with van der Waals surface area (Å²) in [5, 5.41) is 10.2. The summed E-state index contributed by atoms with van der Waals surface area (Å²) < 4.78 is 0. The highest BCUT2D eigenvalue weighted by molar-refractivity contribution is 8.17. The third-order valence-electron chi connectivity index (χ3n) is 0.526. The molecular formula is C5H7N3S. The van der Waals surface area contributed by atoms with Gasteiger partial charge in [-0.15, -0.1) is 6.58 Å². The van der Waals surface area contributed by atoms with Crippen molar-refractivity contribution >= 4 is 16.9 Å². The second-order valence-corrected chi connectivity index (χ2v) is 1.97. The van der Waals surface area contributed by atoms with Crippen molar-refractivity contribution in [1.82, 2.24) is 0 Å². The zero-order chi connectivity index (χ0) is 7.11. The number of nitrogens with two attached hydrogens (primary N) is 1. The molecule has 0 rings (SSSR count). The van der Waals surface area contributed by atoms with Gasteiger partial charge in [-0.2, -0.15) is 5.26 Å². The Balaban J connectivity index is 3.58. The van der Waals surface area contributed by atoms with E-state index in [1.54, 1.807) is 11.5 Å². The Hall–Kier alpha value is -0.950. The Morgan fingerprint density at radius 1 is 2.00 bits per heavy atom. The molecule has 0 aromatic heterocycles. The fourth-order valence-corrected chi connectivity index (χ4v) is 0.466. The number of thioether (sulfide) groups is 1. The van der Waals surface area contributed by atoms with Crippen LogP contribution in [0.2, 0.25) is 0 Å². The summed E-state index contributed by atoms with van der Waals surface area (Å²) in [5.74, 6) is 0. The minimum Gasteiger partial charge on any atom is -0.378 e. The van der Waals surface area contributed by atoms with Crippen molar-refractivity contribution in [2.24, 2.45) is 10.7 Å². The molecule has 9 heavy (non-hydrogen) atoms. The highest BCUT2D eigenvalue weighted by atomic mass is 32.2.